The van der Waals surface area contributed by atoms with E-state index < -0.39 is 5.97 Å². The first-order valence-electron chi connectivity index (χ1n) is 9.93. The summed E-state index contributed by atoms with van der Waals surface area (Å²) in [4.78, 5) is 13.3. The Labute approximate surface area is 186 Å². The van der Waals surface area contributed by atoms with Crippen molar-refractivity contribution in [3.8, 4) is 11.4 Å². The molecule has 0 bridgehead atoms. The maximum absolute atomic E-state index is 11.0. The summed E-state index contributed by atoms with van der Waals surface area (Å²) in [6.07, 6.45) is 2.39. The van der Waals surface area contributed by atoms with Crippen molar-refractivity contribution in [1.29, 1.82) is 0 Å². The normalized spacial score (nSPS) is 15.1. The first-order valence-corrected chi connectivity index (χ1v) is 10.3. The number of rotatable bonds is 7. The minimum atomic E-state index is -0.666. The Bertz CT molecular complexity index is 983. The number of fused-ring (bicyclic) bond motifs is 1. The molecule has 0 saturated carbocycles. The first kappa shape index (κ1) is 22.4. The van der Waals surface area contributed by atoms with Gasteiger partial charge in [-0.25, -0.2) is 4.68 Å². The molecule has 1 aromatic heterocycles. The van der Waals surface area contributed by atoms with Gasteiger partial charge in [0, 0.05) is 11.9 Å². The summed E-state index contributed by atoms with van der Waals surface area (Å²) in [7, 11) is 0. The lowest BCUT2D eigenvalue weighted by atomic mass is 9.97. The maximum Gasteiger partial charge on any atom is 0.306 e. The molecule has 1 fully saturated rings. The van der Waals surface area contributed by atoms with Gasteiger partial charge in [0.2, 0.25) is 0 Å². The Morgan fingerprint density at radius 2 is 1.83 bits per heavy atom. The topological polar surface area (TPSA) is 67.6 Å². The van der Waals surface area contributed by atoms with E-state index in [0.717, 1.165) is 61.2 Å². The van der Waals surface area contributed by atoms with Gasteiger partial charge in [0.25, 0.3) is 0 Å². The van der Waals surface area contributed by atoms with E-state index in [1.54, 1.807) is 4.68 Å². The van der Waals surface area contributed by atoms with E-state index in [0.29, 0.717) is 11.8 Å². The van der Waals surface area contributed by atoms with Crippen LogP contribution in [-0.4, -0.2) is 52.0 Å². The fraction of sp³-hybridized carbons (Fsp3) is 0.364. The van der Waals surface area contributed by atoms with Gasteiger partial charge in [-0.2, -0.15) is 5.10 Å². The van der Waals surface area contributed by atoms with Crippen molar-refractivity contribution in [2.45, 2.75) is 19.3 Å². The second-order valence-corrected chi connectivity index (χ2v) is 7.73. The minimum absolute atomic E-state index is 0. The number of benzene rings is 2. The van der Waals surface area contributed by atoms with Crippen LogP contribution >= 0.6 is 24.0 Å². The highest BCUT2D eigenvalue weighted by atomic mass is 35.5. The Kier molecular flexibility index (Phi) is 7.58. The van der Waals surface area contributed by atoms with Crippen LogP contribution in [0, 0.1) is 5.92 Å². The first-order chi connectivity index (χ1) is 14.1. The summed E-state index contributed by atoms with van der Waals surface area (Å²) >= 11 is 6.47. The molecule has 1 saturated heterocycles. The Balaban J connectivity index is 0.00000256. The van der Waals surface area contributed by atoms with E-state index in [1.807, 2.05) is 48.5 Å². The van der Waals surface area contributed by atoms with Gasteiger partial charge in [-0.05, 0) is 68.8 Å². The van der Waals surface area contributed by atoms with Crippen molar-refractivity contribution in [2.75, 3.05) is 26.2 Å². The van der Waals surface area contributed by atoms with E-state index >= 15 is 0 Å². The third kappa shape index (κ3) is 5.06. The molecular formula is C22H25Cl2N3O3. The molecule has 0 atom stereocenters. The molecule has 2 aromatic carbocycles. The fourth-order valence-electron chi connectivity index (χ4n) is 3.74. The highest BCUT2D eigenvalue weighted by molar-refractivity contribution is 6.34. The number of carboxylic acid groups (broad SMARTS) is 1. The Hall–Kier alpha value is -2.28. The zero-order chi connectivity index (χ0) is 20.2. The molecule has 1 aliphatic heterocycles. The Morgan fingerprint density at radius 3 is 2.50 bits per heavy atom. The molecule has 30 heavy (non-hydrogen) atoms. The number of carboxylic acids is 1. The average Bonchev–Trinajstić information content (AvgIpc) is 3.09. The molecule has 3 aromatic rings. The number of aromatic nitrogens is 2. The van der Waals surface area contributed by atoms with Gasteiger partial charge >= 0.3 is 5.97 Å². The van der Waals surface area contributed by atoms with Crippen molar-refractivity contribution >= 4 is 40.9 Å². The number of aliphatic carboxylic acids is 1. The number of hydrogen-bond acceptors (Lipinski definition) is 4. The molecule has 2 heterocycles. The lowest BCUT2D eigenvalue weighted by molar-refractivity contribution is -0.143. The van der Waals surface area contributed by atoms with Crippen LogP contribution < -0.4 is 4.74 Å². The molecule has 0 unspecified atom stereocenters. The summed E-state index contributed by atoms with van der Waals surface area (Å²) in [5.74, 6) is -0.0333. The molecule has 1 N–H and O–H groups in total. The number of ether oxygens (including phenoxy) is 1. The molecular weight excluding hydrogens is 425 g/mol. The second kappa shape index (κ2) is 10.2. The fourth-order valence-corrected chi connectivity index (χ4v) is 4.03. The van der Waals surface area contributed by atoms with Crippen LogP contribution in [0.5, 0.6) is 5.75 Å². The predicted molar refractivity (Wildman–Crippen MR) is 120 cm³/mol. The van der Waals surface area contributed by atoms with Crippen LogP contribution in [-0.2, 0) is 4.79 Å². The summed E-state index contributed by atoms with van der Waals surface area (Å²) < 4.78 is 7.59. The third-order valence-corrected chi connectivity index (χ3v) is 5.79. The number of likely N-dealkylation sites (tertiary alicyclic amines) is 1. The van der Waals surface area contributed by atoms with Gasteiger partial charge in [-0.15, -0.1) is 12.4 Å². The smallest absolute Gasteiger partial charge is 0.306 e. The van der Waals surface area contributed by atoms with E-state index in [4.69, 9.17) is 21.4 Å². The van der Waals surface area contributed by atoms with Crippen LogP contribution in [0.25, 0.3) is 16.6 Å². The molecule has 160 valence electrons. The largest absolute Gasteiger partial charge is 0.494 e. The molecule has 1 aliphatic rings. The van der Waals surface area contributed by atoms with Crippen molar-refractivity contribution < 1.29 is 14.6 Å². The van der Waals surface area contributed by atoms with Gasteiger partial charge in [-0.3, -0.25) is 4.79 Å². The predicted octanol–water partition coefficient (Wildman–Crippen LogP) is 4.67. The molecule has 8 heteroatoms. The highest BCUT2D eigenvalue weighted by Crippen LogP contribution is 2.26. The van der Waals surface area contributed by atoms with Crippen molar-refractivity contribution in [3.05, 3.63) is 53.7 Å². The van der Waals surface area contributed by atoms with Crippen molar-refractivity contribution in [3.63, 3.8) is 0 Å². The third-order valence-electron chi connectivity index (χ3n) is 5.43. The SMILES string of the molecule is Cl.O=C(O)C1CCN(CCCOc2ccc(-n3nc4ccccc4c3Cl)cc2)CC1. The number of nitrogens with zero attached hydrogens (tertiary/aromatic N) is 3. The van der Waals surface area contributed by atoms with Crippen LogP contribution in [0.2, 0.25) is 5.15 Å². The summed E-state index contributed by atoms with van der Waals surface area (Å²) in [6.45, 7) is 3.26. The van der Waals surface area contributed by atoms with E-state index in [2.05, 4.69) is 10.00 Å². The lowest BCUT2D eigenvalue weighted by Gasteiger charge is -2.29. The zero-order valence-corrected chi connectivity index (χ0v) is 18.1. The van der Waals surface area contributed by atoms with Crippen LogP contribution in [0.15, 0.2) is 48.5 Å². The number of hydrogen-bond donors (Lipinski definition) is 1. The monoisotopic (exact) mass is 449 g/mol. The lowest BCUT2D eigenvalue weighted by Crippen LogP contribution is -2.37. The average molecular weight is 450 g/mol. The summed E-state index contributed by atoms with van der Waals surface area (Å²) in [5.41, 5.74) is 1.75. The quantitative estimate of drug-likeness (QED) is 0.530. The van der Waals surface area contributed by atoms with Crippen LogP contribution in [0.3, 0.4) is 0 Å². The molecule has 0 aliphatic carbocycles. The summed E-state index contributed by atoms with van der Waals surface area (Å²) in [6, 6.07) is 15.6. The summed E-state index contributed by atoms with van der Waals surface area (Å²) in [5, 5.41) is 15.1. The van der Waals surface area contributed by atoms with E-state index in [1.165, 1.54) is 0 Å². The zero-order valence-electron chi connectivity index (χ0n) is 16.5. The number of piperidine rings is 1. The van der Waals surface area contributed by atoms with Crippen molar-refractivity contribution in [2.24, 2.45) is 5.92 Å². The number of carbonyl (C=O) groups is 1. The molecule has 4 rings (SSSR count). The van der Waals surface area contributed by atoms with Gasteiger partial charge in [-0.1, -0.05) is 23.7 Å². The van der Waals surface area contributed by atoms with Crippen LogP contribution in [0.1, 0.15) is 19.3 Å². The molecule has 6 nitrogen and oxygen atoms in total. The van der Waals surface area contributed by atoms with Gasteiger partial charge in [0.15, 0.2) is 0 Å². The molecule has 0 radical (unpaired) electrons. The van der Waals surface area contributed by atoms with E-state index in [9.17, 15) is 4.79 Å². The number of halogens is 2. The molecule has 0 amide bonds. The minimum Gasteiger partial charge on any atom is -0.494 e. The molecule has 0 spiro atoms. The second-order valence-electron chi connectivity index (χ2n) is 7.37. The van der Waals surface area contributed by atoms with Gasteiger partial charge in [0.05, 0.1) is 23.7 Å². The Morgan fingerprint density at radius 1 is 1.13 bits per heavy atom. The van der Waals surface area contributed by atoms with Gasteiger partial charge in [0.1, 0.15) is 10.9 Å². The van der Waals surface area contributed by atoms with Crippen molar-refractivity contribution in [1.82, 2.24) is 14.7 Å². The maximum atomic E-state index is 11.0. The highest BCUT2D eigenvalue weighted by Gasteiger charge is 2.23. The van der Waals surface area contributed by atoms with Crippen LogP contribution in [0.4, 0.5) is 0 Å². The van der Waals surface area contributed by atoms with Gasteiger partial charge < -0.3 is 14.7 Å². The van der Waals surface area contributed by atoms with E-state index in [-0.39, 0.29) is 18.3 Å². The standard InChI is InChI=1S/C22H24ClN3O3.ClH/c23-21-19-4-1-2-5-20(19)24-26(21)17-6-8-18(9-7-17)29-15-3-12-25-13-10-16(11-14-25)22(27)28;/h1-2,4-9,16H,3,10-15H2,(H,27,28);1H.